The number of anilines is 2. The fraction of sp³-hybridized carbons (Fsp3) is 0.143. The van der Waals surface area contributed by atoms with Crippen molar-refractivity contribution in [1.82, 2.24) is 19.5 Å². The summed E-state index contributed by atoms with van der Waals surface area (Å²) in [6.45, 7) is 4.11. The Morgan fingerprint density at radius 1 is 0.941 bits per heavy atom. The molecule has 6 heteroatoms. The number of hydrogen-bond donors (Lipinski definition) is 1. The van der Waals surface area contributed by atoms with Gasteiger partial charge in [-0.3, -0.25) is 4.98 Å². The second-order valence-corrected chi connectivity index (χ2v) is 8.21. The summed E-state index contributed by atoms with van der Waals surface area (Å²) in [7, 11) is 1.98. The lowest BCUT2D eigenvalue weighted by molar-refractivity contribution is 0.947. The van der Waals surface area contributed by atoms with E-state index in [1.807, 2.05) is 67.2 Å². The van der Waals surface area contributed by atoms with Gasteiger partial charge in [0.25, 0.3) is 0 Å². The van der Waals surface area contributed by atoms with Crippen molar-refractivity contribution in [2.24, 2.45) is 12.0 Å². The quantitative estimate of drug-likeness (QED) is 0.318. The lowest BCUT2D eigenvalue weighted by Crippen LogP contribution is -2.04. The van der Waals surface area contributed by atoms with Crippen LogP contribution in [-0.2, 0) is 13.5 Å². The summed E-state index contributed by atoms with van der Waals surface area (Å²) in [6.07, 6.45) is 4.59. The van der Waals surface area contributed by atoms with Gasteiger partial charge in [-0.1, -0.05) is 67.6 Å². The number of rotatable bonds is 6. The van der Waals surface area contributed by atoms with Crippen LogP contribution in [0.3, 0.4) is 0 Å². The number of nitrogens with one attached hydrogen (secondary N) is 1. The van der Waals surface area contributed by atoms with Gasteiger partial charge in [0.15, 0.2) is 5.82 Å². The fourth-order valence-electron chi connectivity index (χ4n) is 3.97. The van der Waals surface area contributed by atoms with Crippen LogP contribution in [0.25, 0.3) is 11.0 Å². The molecule has 0 amide bonds. The number of hydrogen-bond acceptors (Lipinski definition) is 5. The van der Waals surface area contributed by atoms with E-state index in [0.717, 1.165) is 57.1 Å². The molecule has 3 aromatic heterocycles. The van der Waals surface area contributed by atoms with Crippen molar-refractivity contribution < 1.29 is 0 Å². The number of aryl methyl sites for hydroxylation is 3. The van der Waals surface area contributed by atoms with Crippen molar-refractivity contribution in [2.45, 2.75) is 20.3 Å². The lowest BCUT2D eigenvalue weighted by atomic mass is 10.0. The Bertz CT molecular complexity index is 1430. The Hall–Kier alpha value is -4.32. The first-order valence-corrected chi connectivity index (χ1v) is 11.4. The fourth-order valence-corrected chi connectivity index (χ4v) is 3.97. The molecule has 34 heavy (non-hydrogen) atoms. The van der Waals surface area contributed by atoms with Gasteiger partial charge in [0, 0.05) is 41.8 Å². The van der Waals surface area contributed by atoms with E-state index in [9.17, 15) is 0 Å². The molecule has 0 aliphatic heterocycles. The predicted molar refractivity (Wildman–Crippen MR) is 138 cm³/mol. The molecule has 0 saturated carbocycles. The van der Waals surface area contributed by atoms with Crippen LogP contribution in [0.5, 0.6) is 0 Å². The SMILES string of the molecule is CCc1cnc(C)cc1Nc1cc2c(ncn2C)c(N=C(c2ccccc2)c2ccccc2)n1. The molecule has 6 nitrogen and oxygen atoms in total. The van der Waals surface area contributed by atoms with Crippen LogP contribution < -0.4 is 5.32 Å². The third kappa shape index (κ3) is 4.30. The summed E-state index contributed by atoms with van der Waals surface area (Å²) in [5.74, 6) is 1.29. The van der Waals surface area contributed by atoms with Gasteiger partial charge < -0.3 is 9.88 Å². The molecule has 3 heterocycles. The highest BCUT2D eigenvalue weighted by molar-refractivity contribution is 6.14. The maximum absolute atomic E-state index is 5.08. The molecule has 0 radical (unpaired) electrons. The highest BCUT2D eigenvalue weighted by Gasteiger charge is 2.14. The van der Waals surface area contributed by atoms with Gasteiger partial charge in [-0.25, -0.2) is 15.0 Å². The zero-order valence-electron chi connectivity index (χ0n) is 19.5. The second kappa shape index (κ2) is 9.27. The van der Waals surface area contributed by atoms with Gasteiger partial charge in [0.05, 0.1) is 17.6 Å². The minimum atomic E-state index is 0.576. The van der Waals surface area contributed by atoms with Crippen LogP contribution >= 0.6 is 0 Å². The average molecular weight is 447 g/mol. The molecule has 0 bridgehead atoms. The monoisotopic (exact) mass is 446 g/mol. The van der Waals surface area contributed by atoms with E-state index in [0.29, 0.717) is 5.82 Å². The van der Waals surface area contributed by atoms with Crippen molar-refractivity contribution in [3.63, 3.8) is 0 Å². The van der Waals surface area contributed by atoms with Gasteiger partial charge in [-0.05, 0) is 25.0 Å². The van der Waals surface area contributed by atoms with Crippen molar-refractivity contribution >= 4 is 34.1 Å². The van der Waals surface area contributed by atoms with E-state index in [2.05, 4.69) is 52.5 Å². The smallest absolute Gasteiger partial charge is 0.183 e. The molecular formula is C28H26N6. The van der Waals surface area contributed by atoms with Gasteiger partial charge in [0.2, 0.25) is 0 Å². The Morgan fingerprint density at radius 3 is 2.26 bits per heavy atom. The zero-order chi connectivity index (χ0) is 23.5. The van der Waals surface area contributed by atoms with Crippen LogP contribution in [0.4, 0.5) is 17.3 Å². The number of aromatic nitrogens is 4. The standard InChI is InChI=1S/C28H26N6/c1-4-20-17-29-19(2)15-23(20)31-25-16-24-27(30-18-34(24)3)28(32-25)33-26(21-11-7-5-8-12-21)22-13-9-6-10-14-22/h5-18H,4H2,1-3H3,(H,29,31,32). The molecule has 1 N–H and O–H groups in total. The van der Waals surface area contributed by atoms with Gasteiger partial charge in [-0.2, -0.15) is 0 Å². The van der Waals surface area contributed by atoms with Crippen LogP contribution in [-0.4, -0.2) is 25.2 Å². The molecule has 0 aliphatic carbocycles. The maximum atomic E-state index is 5.08. The second-order valence-electron chi connectivity index (χ2n) is 8.21. The highest BCUT2D eigenvalue weighted by Crippen LogP contribution is 2.30. The highest BCUT2D eigenvalue weighted by atomic mass is 15.1. The first-order valence-electron chi connectivity index (χ1n) is 11.4. The Kier molecular flexibility index (Phi) is 5.87. The van der Waals surface area contributed by atoms with Crippen molar-refractivity contribution in [2.75, 3.05) is 5.32 Å². The van der Waals surface area contributed by atoms with Crippen molar-refractivity contribution in [3.05, 3.63) is 108 Å². The molecule has 5 aromatic rings. The number of benzene rings is 2. The van der Waals surface area contributed by atoms with E-state index in [1.54, 1.807) is 6.33 Å². The third-order valence-corrected chi connectivity index (χ3v) is 5.77. The van der Waals surface area contributed by atoms with Crippen LogP contribution in [0.15, 0.2) is 90.3 Å². The molecule has 0 aliphatic rings. The van der Waals surface area contributed by atoms with E-state index < -0.39 is 0 Å². The largest absolute Gasteiger partial charge is 0.340 e. The van der Waals surface area contributed by atoms with Gasteiger partial charge >= 0.3 is 0 Å². The number of pyridine rings is 2. The molecule has 0 atom stereocenters. The molecule has 168 valence electrons. The summed E-state index contributed by atoms with van der Waals surface area (Å²) in [6, 6.07) is 24.4. The Morgan fingerprint density at radius 2 is 1.62 bits per heavy atom. The van der Waals surface area contributed by atoms with Crippen LogP contribution in [0.1, 0.15) is 29.3 Å². The minimum Gasteiger partial charge on any atom is -0.340 e. The van der Waals surface area contributed by atoms with E-state index >= 15 is 0 Å². The van der Waals surface area contributed by atoms with Gasteiger partial charge in [-0.15, -0.1) is 0 Å². The number of fused-ring (bicyclic) bond motifs is 1. The molecular weight excluding hydrogens is 420 g/mol. The summed E-state index contributed by atoms with van der Waals surface area (Å²) in [4.78, 5) is 19.0. The van der Waals surface area contributed by atoms with E-state index in [4.69, 9.17) is 9.98 Å². The number of imidazole rings is 1. The third-order valence-electron chi connectivity index (χ3n) is 5.77. The predicted octanol–water partition coefficient (Wildman–Crippen LogP) is 6.15. The Balaban J connectivity index is 1.68. The van der Waals surface area contributed by atoms with Crippen molar-refractivity contribution in [1.29, 1.82) is 0 Å². The molecule has 0 saturated heterocycles. The summed E-state index contributed by atoms with van der Waals surface area (Å²) in [5.41, 5.74) is 7.72. The molecule has 0 fully saturated rings. The first kappa shape index (κ1) is 21.5. The normalized spacial score (nSPS) is 10.9. The molecule has 0 spiro atoms. The minimum absolute atomic E-state index is 0.576. The van der Waals surface area contributed by atoms with Crippen LogP contribution in [0, 0.1) is 6.92 Å². The Labute approximate surface area is 199 Å². The molecule has 0 unspecified atom stereocenters. The summed E-state index contributed by atoms with van der Waals surface area (Å²) >= 11 is 0. The lowest BCUT2D eigenvalue weighted by Gasteiger charge is -2.13. The van der Waals surface area contributed by atoms with E-state index in [1.165, 1.54) is 0 Å². The number of aliphatic imine (C=N–C) groups is 1. The topological polar surface area (TPSA) is 68.0 Å². The van der Waals surface area contributed by atoms with E-state index in [-0.39, 0.29) is 0 Å². The summed E-state index contributed by atoms with van der Waals surface area (Å²) < 4.78 is 1.99. The first-order chi connectivity index (χ1) is 16.6. The molecule has 5 rings (SSSR count). The van der Waals surface area contributed by atoms with Crippen molar-refractivity contribution in [3.8, 4) is 0 Å². The van der Waals surface area contributed by atoms with Crippen LogP contribution in [0.2, 0.25) is 0 Å². The summed E-state index contributed by atoms with van der Waals surface area (Å²) in [5, 5.41) is 3.51. The molecule has 2 aromatic carbocycles. The number of nitrogens with zero attached hydrogens (tertiary/aromatic N) is 5. The maximum Gasteiger partial charge on any atom is 0.183 e. The van der Waals surface area contributed by atoms with Gasteiger partial charge in [0.1, 0.15) is 11.3 Å². The zero-order valence-corrected chi connectivity index (χ0v) is 19.5. The average Bonchev–Trinajstić information content (AvgIpc) is 3.24.